The van der Waals surface area contributed by atoms with Crippen LogP contribution in [0.3, 0.4) is 0 Å². The molecule has 0 aliphatic carbocycles. The third kappa shape index (κ3) is 4.51. The maximum atomic E-state index is 9.16. The van der Waals surface area contributed by atoms with Crippen LogP contribution in [-0.4, -0.2) is 7.11 Å². The van der Waals surface area contributed by atoms with Crippen molar-refractivity contribution in [1.82, 2.24) is 0 Å². The third-order valence-electron chi connectivity index (χ3n) is 3.41. The Morgan fingerprint density at radius 3 is 2.12 bits per heavy atom. The highest BCUT2D eigenvalue weighted by Gasteiger charge is 2.09. The average Bonchev–Trinajstić information content (AvgIpc) is 2.67. The van der Waals surface area contributed by atoms with Gasteiger partial charge in [-0.15, -0.1) is 0 Å². The normalized spacial score (nSPS) is 9.04. The van der Waals surface area contributed by atoms with Crippen molar-refractivity contribution in [2.24, 2.45) is 0 Å². The zero-order chi connectivity index (χ0) is 18.1. The number of para-hydroxylation sites is 2. The lowest BCUT2D eigenvalue weighted by atomic mass is 10.2. The number of anilines is 2. The first-order valence-corrected chi connectivity index (χ1v) is 7.39. The molecule has 0 unspecified atom stereocenters. The summed E-state index contributed by atoms with van der Waals surface area (Å²) in [5.41, 5.74) is 2.08. The molecule has 25 heavy (non-hydrogen) atoms. The molecule has 0 aromatic heterocycles. The van der Waals surface area contributed by atoms with Crippen molar-refractivity contribution in [3.63, 3.8) is 0 Å². The van der Waals surface area contributed by atoms with E-state index in [4.69, 9.17) is 20.5 Å². The lowest BCUT2D eigenvalue weighted by molar-refractivity contribution is 0.414. The molecule has 122 valence electrons. The molecule has 0 spiro atoms. The molecule has 0 atom stereocenters. The second-order valence-electron chi connectivity index (χ2n) is 4.96. The van der Waals surface area contributed by atoms with Crippen LogP contribution in [0.15, 0.2) is 59.8 Å². The van der Waals surface area contributed by atoms with E-state index in [0.29, 0.717) is 12.2 Å². The Hall–Kier alpha value is -3.95. The monoisotopic (exact) mass is 329 g/mol. The van der Waals surface area contributed by atoms with Crippen LogP contribution in [0.4, 0.5) is 11.4 Å². The standard InChI is InChI=1S/C19H15N5O/c1-25-16-8-6-14(7-9-16)13-23-17-4-2-3-5-18(17)24-19(12-22)15(10-20)11-21/h2-9,23-24H,13H2,1H3. The van der Waals surface area contributed by atoms with Gasteiger partial charge in [0.15, 0.2) is 5.57 Å². The molecule has 0 heterocycles. The minimum Gasteiger partial charge on any atom is -0.497 e. The zero-order valence-electron chi connectivity index (χ0n) is 13.6. The van der Waals surface area contributed by atoms with Crippen molar-refractivity contribution in [2.75, 3.05) is 17.7 Å². The molecular formula is C19H15N5O. The summed E-state index contributed by atoms with van der Waals surface area (Å²) in [5, 5.41) is 33.1. The van der Waals surface area contributed by atoms with E-state index >= 15 is 0 Å². The summed E-state index contributed by atoms with van der Waals surface area (Å²) in [5.74, 6) is 0.787. The number of nitrogens with one attached hydrogen (secondary N) is 2. The van der Waals surface area contributed by atoms with E-state index in [-0.39, 0.29) is 11.3 Å². The van der Waals surface area contributed by atoms with E-state index in [1.807, 2.05) is 42.5 Å². The van der Waals surface area contributed by atoms with Crippen molar-refractivity contribution in [3.05, 3.63) is 65.4 Å². The van der Waals surface area contributed by atoms with E-state index in [1.165, 1.54) is 0 Å². The molecule has 0 fully saturated rings. The van der Waals surface area contributed by atoms with Crippen molar-refractivity contribution >= 4 is 11.4 Å². The number of hydrogen-bond donors (Lipinski definition) is 2. The van der Waals surface area contributed by atoms with Gasteiger partial charge >= 0.3 is 0 Å². The second-order valence-corrected chi connectivity index (χ2v) is 4.96. The molecular weight excluding hydrogens is 314 g/mol. The van der Waals surface area contributed by atoms with Crippen LogP contribution < -0.4 is 15.4 Å². The first-order valence-electron chi connectivity index (χ1n) is 7.39. The van der Waals surface area contributed by atoms with Crippen molar-refractivity contribution in [3.8, 4) is 24.0 Å². The van der Waals surface area contributed by atoms with Gasteiger partial charge in [-0.25, -0.2) is 0 Å². The highest BCUT2D eigenvalue weighted by molar-refractivity contribution is 5.72. The number of allylic oxidation sites excluding steroid dienone is 2. The van der Waals surface area contributed by atoms with Crippen molar-refractivity contribution < 1.29 is 4.74 Å². The van der Waals surface area contributed by atoms with Gasteiger partial charge in [-0.2, -0.15) is 15.8 Å². The number of nitrogens with zero attached hydrogens (tertiary/aromatic N) is 3. The molecule has 0 bridgehead atoms. The minimum absolute atomic E-state index is 0.0799. The molecule has 0 radical (unpaired) electrons. The Balaban J connectivity index is 2.18. The average molecular weight is 329 g/mol. The topological polar surface area (TPSA) is 105 Å². The largest absolute Gasteiger partial charge is 0.497 e. The number of benzene rings is 2. The van der Waals surface area contributed by atoms with Gasteiger partial charge < -0.3 is 15.4 Å². The molecule has 2 aromatic carbocycles. The number of nitriles is 3. The van der Waals surface area contributed by atoms with Gasteiger partial charge in [0.1, 0.15) is 29.7 Å². The van der Waals surface area contributed by atoms with E-state index in [0.717, 1.165) is 17.0 Å². The van der Waals surface area contributed by atoms with Crippen LogP contribution in [0.2, 0.25) is 0 Å². The number of hydrogen-bond acceptors (Lipinski definition) is 6. The van der Waals surface area contributed by atoms with Gasteiger partial charge in [-0.05, 0) is 29.8 Å². The summed E-state index contributed by atoms with van der Waals surface area (Å²) in [4.78, 5) is 0. The maximum absolute atomic E-state index is 9.16. The minimum atomic E-state index is -0.257. The lowest BCUT2D eigenvalue weighted by Gasteiger charge is -2.13. The van der Waals surface area contributed by atoms with Crippen molar-refractivity contribution in [1.29, 1.82) is 15.8 Å². The van der Waals surface area contributed by atoms with Gasteiger partial charge in [0, 0.05) is 6.54 Å². The Kier molecular flexibility index (Phi) is 6.00. The van der Waals surface area contributed by atoms with E-state index < -0.39 is 0 Å². The molecule has 2 N–H and O–H groups in total. The fraction of sp³-hybridized carbons (Fsp3) is 0.105. The molecule has 0 saturated carbocycles. The van der Waals surface area contributed by atoms with Crippen LogP contribution in [0.5, 0.6) is 5.75 Å². The van der Waals surface area contributed by atoms with Gasteiger partial charge in [-0.1, -0.05) is 24.3 Å². The summed E-state index contributed by atoms with van der Waals surface area (Å²) >= 11 is 0. The predicted molar refractivity (Wildman–Crippen MR) is 94.3 cm³/mol. The SMILES string of the molecule is COc1ccc(CNc2ccccc2NC(C#N)=C(C#N)C#N)cc1. The van der Waals surface area contributed by atoms with Crippen LogP contribution in [0.25, 0.3) is 0 Å². The van der Waals surface area contributed by atoms with Crippen LogP contribution in [-0.2, 0) is 6.54 Å². The first-order chi connectivity index (χ1) is 12.2. The molecule has 2 rings (SSSR count). The first kappa shape index (κ1) is 17.4. The zero-order valence-corrected chi connectivity index (χ0v) is 13.6. The summed E-state index contributed by atoms with van der Waals surface area (Å²) < 4.78 is 5.13. The number of ether oxygens (including phenoxy) is 1. The fourth-order valence-corrected chi connectivity index (χ4v) is 2.10. The lowest BCUT2D eigenvalue weighted by Crippen LogP contribution is -2.06. The van der Waals surface area contributed by atoms with Gasteiger partial charge in [0.25, 0.3) is 0 Å². The van der Waals surface area contributed by atoms with Gasteiger partial charge in [0.05, 0.1) is 18.5 Å². The van der Waals surface area contributed by atoms with E-state index in [1.54, 1.807) is 31.4 Å². The Labute approximate surface area is 146 Å². The van der Waals surface area contributed by atoms with Crippen molar-refractivity contribution in [2.45, 2.75) is 6.54 Å². The van der Waals surface area contributed by atoms with Crippen LogP contribution in [0, 0.1) is 34.0 Å². The van der Waals surface area contributed by atoms with Crippen LogP contribution in [0.1, 0.15) is 5.56 Å². The fourth-order valence-electron chi connectivity index (χ4n) is 2.10. The maximum Gasteiger partial charge on any atom is 0.163 e. The summed E-state index contributed by atoms with van der Waals surface area (Å²) in [7, 11) is 1.62. The number of rotatable bonds is 6. The summed E-state index contributed by atoms with van der Waals surface area (Å²) in [6.45, 7) is 0.567. The molecule has 6 heteroatoms. The molecule has 0 amide bonds. The Bertz CT molecular complexity index is 879. The Morgan fingerprint density at radius 1 is 0.920 bits per heavy atom. The molecule has 0 aliphatic rings. The summed E-state index contributed by atoms with van der Waals surface area (Å²) in [6, 6.07) is 20.2. The van der Waals surface area contributed by atoms with E-state index in [2.05, 4.69) is 10.6 Å². The molecule has 0 aliphatic heterocycles. The summed E-state index contributed by atoms with van der Waals surface area (Å²) in [6.07, 6.45) is 0. The second kappa shape index (κ2) is 8.62. The quantitative estimate of drug-likeness (QED) is 0.785. The smallest absolute Gasteiger partial charge is 0.163 e. The van der Waals surface area contributed by atoms with E-state index in [9.17, 15) is 0 Å². The predicted octanol–water partition coefficient (Wildman–Crippen LogP) is 3.54. The third-order valence-corrected chi connectivity index (χ3v) is 3.41. The Morgan fingerprint density at radius 2 is 1.56 bits per heavy atom. The van der Waals surface area contributed by atoms with Gasteiger partial charge in [-0.3, -0.25) is 0 Å². The van der Waals surface area contributed by atoms with Crippen LogP contribution >= 0.6 is 0 Å². The molecule has 0 saturated heterocycles. The number of methoxy groups -OCH3 is 1. The molecule has 2 aromatic rings. The highest BCUT2D eigenvalue weighted by atomic mass is 16.5. The van der Waals surface area contributed by atoms with Gasteiger partial charge in [0.2, 0.25) is 0 Å². The highest BCUT2D eigenvalue weighted by Crippen LogP contribution is 2.24. The molecule has 6 nitrogen and oxygen atoms in total.